The van der Waals surface area contributed by atoms with E-state index in [4.69, 9.17) is 4.74 Å². The average molecular weight is 295 g/mol. The third-order valence-electron chi connectivity index (χ3n) is 3.60. The van der Waals surface area contributed by atoms with Crippen molar-refractivity contribution in [2.75, 3.05) is 19.5 Å². The fourth-order valence-corrected chi connectivity index (χ4v) is 2.48. The standard InChI is InChI=1S/C14H17NO4S/c1-14(13(17)18)8-19-7-11(14)15-12(16)9-3-5-10(20-2)6-4-9/h3-6,11H,7-8H2,1-2H3,(H,15,16)(H,17,18). The van der Waals surface area contributed by atoms with Crippen molar-refractivity contribution in [3.8, 4) is 0 Å². The first-order valence-corrected chi connectivity index (χ1v) is 7.46. The summed E-state index contributed by atoms with van der Waals surface area (Å²) < 4.78 is 5.21. The summed E-state index contributed by atoms with van der Waals surface area (Å²) in [7, 11) is 0. The van der Waals surface area contributed by atoms with E-state index >= 15 is 0 Å². The quantitative estimate of drug-likeness (QED) is 0.826. The van der Waals surface area contributed by atoms with Gasteiger partial charge in [-0.15, -0.1) is 11.8 Å². The van der Waals surface area contributed by atoms with Crippen molar-refractivity contribution in [3.05, 3.63) is 29.8 Å². The van der Waals surface area contributed by atoms with Crippen LogP contribution in [0.2, 0.25) is 0 Å². The van der Waals surface area contributed by atoms with Crippen LogP contribution in [0.1, 0.15) is 17.3 Å². The van der Waals surface area contributed by atoms with Crippen LogP contribution in [0.4, 0.5) is 0 Å². The molecule has 1 amide bonds. The van der Waals surface area contributed by atoms with Gasteiger partial charge in [-0.25, -0.2) is 0 Å². The molecule has 6 heteroatoms. The molecule has 20 heavy (non-hydrogen) atoms. The lowest BCUT2D eigenvalue weighted by Crippen LogP contribution is -2.49. The van der Waals surface area contributed by atoms with Crippen molar-refractivity contribution < 1.29 is 19.4 Å². The molecule has 108 valence electrons. The number of hydrogen-bond acceptors (Lipinski definition) is 4. The average Bonchev–Trinajstić information content (AvgIpc) is 2.81. The van der Waals surface area contributed by atoms with Crippen molar-refractivity contribution in [1.82, 2.24) is 5.32 Å². The number of aliphatic carboxylic acids is 1. The molecule has 5 nitrogen and oxygen atoms in total. The Labute approximate surface area is 121 Å². The highest BCUT2D eigenvalue weighted by molar-refractivity contribution is 7.98. The molecule has 0 spiro atoms. The van der Waals surface area contributed by atoms with Gasteiger partial charge in [-0.1, -0.05) is 0 Å². The first-order chi connectivity index (χ1) is 9.47. The second-order valence-electron chi connectivity index (χ2n) is 4.99. The molecular weight excluding hydrogens is 278 g/mol. The molecule has 1 saturated heterocycles. The monoisotopic (exact) mass is 295 g/mol. The largest absolute Gasteiger partial charge is 0.481 e. The topological polar surface area (TPSA) is 75.6 Å². The highest BCUT2D eigenvalue weighted by Gasteiger charge is 2.47. The van der Waals surface area contributed by atoms with Gasteiger partial charge >= 0.3 is 5.97 Å². The van der Waals surface area contributed by atoms with Crippen LogP contribution >= 0.6 is 11.8 Å². The SMILES string of the molecule is CSc1ccc(C(=O)NC2COCC2(C)C(=O)O)cc1. The van der Waals surface area contributed by atoms with Gasteiger partial charge in [-0.3, -0.25) is 9.59 Å². The number of nitrogens with one attached hydrogen (secondary N) is 1. The van der Waals surface area contributed by atoms with Crippen LogP contribution in [0, 0.1) is 5.41 Å². The zero-order chi connectivity index (χ0) is 14.8. The van der Waals surface area contributed by atoms with E-state index in [2.05, 4.69) is 5.32 Å². The number of benzene rings is 1. The molecule has 1 aromatic carbocycles. The van der Waals surface area contributed by atoms with E-state index in [0.717, 1.165) is 4.90 Å². The fourth-order valence-electron chi connectivity index (χ4n) is 2.07. The zero-order valence-corrected chi connectivity index (χ0v) is 12.2. The van der Waals surface area contributed by atoms with Gasteiger partial charge in [-0.05, 0) is 37.4 Å². The second kappa shape index (κ2) is 5.85. The molecule has 2 N–H and O–H groups in total. The van der Waals surface area contributed by atoms with Crippen LogP contribution in [-0.4, -0.2) is 42.5 Å². The summed E-state index contributed by atoms with van der Waals surface area (Å²) in [5.41, 5.74) is -0.558. The Morgan fingerprint density at radius 1 is 1.40 bits per heavy atom. The van der Waals surface area contributed by atoms with Crippen molar-refractivity contribution >= 4 is 23.6 Å². The van der Waals surface area contributed by atoms with Crippen LogP contribution in [0.15, 0.2) is 29.2 Å². The Morgan fingerprint density at radius 3 is 2.60 bits per heavy atom. The Morgan fingerprint density at radius 2 is 2.05 bits per heavy atom. The maximum atomic E-state index is 12.1. The highest BCUT2D eigenvalue weighted by Crippen LogP contribution is 2.29. The molecule has 1 heterocycles. The van der Waals surface area contributed by atoms with Gasteiger partial charge in [0.05, 0.1) is 19.3 Å². The summed E-state index contributed by atoms with van der Waals surface area (Å²) in [5, 5.41) is 12.0. The van der Waals surface area contributed by atoms with Gasteiger partial charge < -0.3 is 15.2 Å². The number of amides is 1. The molecule has 1 aromatic rings. The van der Waals surface area contributed by atoms with Gasteiger partial charge in [0.1, 0.15) is 5.41 Å². The molecule has 1 fully saturated rings. The lowest BCUT2D eigenvalue weighted by atomic mass is 9.85. The fraction of sp³-hybridized carbons (Fsp3) is 0.429. The molecule has 2 unspecified atom stereocenters. The van der Waals surface area contributed by atoms with Gasteiger partial charge in [0.15, 0.2) is 0 Å². The van der Waals surface area contributed by atoms with E-state index in [9.17, 15) is 14.7 Å². The van der Waals surface area contributed by atoms with E-state index < -0.39 is 17.4 Å². The normalized spacial score (nSPS) is 25.4. The smallest absolute Gasteiger partial charge is 0.313 e. The maximum absolute atomic E-state index is 12.1. The predicted molar refractivity (Wildman–Crippen MR) is 76.0 cm³/mol. The van der Waals surface area contributed by atoms with E-state index in [1.54, 1.807) is 30.8 Å². The van der Waals surface area contributed by atoms with E-state index in [1.807, 2.05) is 18.4 Å². The minimum atomic E-state index is -1.07. The Kier molecular flexibility index (Phi) is 4.35. The molecule has 0 bridgehead atoms. The third-order valence-corrected chi connectivity index (χ3v) is 4.35. The van der Waals surface area contributed by atoms with Crippen LogP contribution < -0.4 is 5.32 Å². The van der Waals surface area contributed by atoms with Gasteiger partial charge in [0.2, 0.25) is 0 Å². The van der Waals surface area contributed by atoms with Gasteiger partial charge in [-0.2, -0.15) is 0 Å². The molecular formula is C14H17NO4S. The van der Waals surface area contributed by atoms with E-state index in [-0.39, 0.29) is 19.1 Å². The predicted octanol–water partition coefficient (Wildman–Crippen LogP) is 1.63. The van der Waals surface area contributed by atoms with Crippen molar-refractivity contribution in [1.29, 1.82) is 0 Å². The van der Waals surface area contributed by atoms with Crippen LogP contribution in [-0.2, 0) is 9.53 Å². The molecule has 1 aliphatic rings. The molecule has 2 rings (SSSR count). The molecule has 0 radical (unpaired) electrons. The van der Waals surface area contributed by atoms with Crippen molar-refractivity contribution in [2.45, 2.75) is 17.9 Å². The maximum Gasteiger partial charge on any atom is 0.313 e. The lowest BCUT2D eigenvalue weighted by molar-refractivity contribution is -0.148. The number of hydrogen-bond donors (Lipinski definition) is 2. The number of thioether (sulfide) groups is 1. The summed E-state index contributed by atoms with van der Waals surface area (Å²) in [6.07, 6.45) is 1.96. The Bertz CT molecular complexity index is 516. The summed E-state index contributed by atoms with van der Waals surface area (Å²) in [6.45, 7) is 1.92. The second-order valence-corrected chi connectivity index (χ2v) is 5.87. The molecule has 2 atom stereocenters. The number of carboxylic acid groups (broad SMARTS) is 1. The van der Waals surface area contributed by atoms with Crippen molar-refractivity contribution in [2.24, 2.45) is 5.41 Å². The van der Waals surface area contributed by atoms with Crippen molar-refractivity contribution in [3.63, 3.8) is 0 Å². The number of carboxylic acids is 1. The van der Waals surface area contributed by atoms with Crippen LogP contribution in [0.5, 0.6) is 0 Å². The minimum Gasteiger partial charge on any atom is -0.481 e. The summed E-state index contributed by atoms with van der Waals surface area (Å²) in [5.74, 6) is -1.24. The Balaban J connectivity index is 2.09. The number of rotatable bonds is 4. The van der Waals surface area contributed by atoms with E-state index in [1.165, 1.54) is 0 Å². The molecule has 0 saturated carbocycles. The number of carbonyl (C=O) groups excluding carboxylic acids is 1. The lowest BCUT2D eigenvalue weighted by Gasteiger charge is -2.25. The van der Waals surface area contributed by atoms with Gasteiger partial charge in [0.25, 0.3) is 5.91 Å². The highest BCUT2D eigenvalue weighted by atomic mass is 32.2. The molecule has 0 aromatic heterocycles. The zero-order valence-electron chi connectivity index (χ0n) is 11.4. The Hall–Kier alpha value is -1.53. The van der Waals surface area contributed by atoms with Crippen LogP contribution in [0.3, 0.4) is 0 Å². The van der Waals surface area contributed by atoms with Gasteiger partial charge in [0, 0.05) is 10.5 Å². The summed E-state index contributed by atoms with van der Waals surface area (Å²) in [4.78, 5) is 24.5. The minimum absolute atomic E-state index is 0.110. The first kappa shape index (κ1) is 14.9. The number of carbonyl (C=O) groups is 2. The van der Waals surface area contributed by atoms with Crippen LogP contribution in [0.25, 0.3) is 0 Å². The first-order valence-electron chi connectivity index (χ1n) is 6.23. The third kappa shape index (κ3) is 2.81. The number of ether oxygens (including phenoxy) is 1. The summed E-state index contributed by atoms with van der Waals surface area (Å²) >= 11 is 1.60. The summed E-state index contributed by atoms with van der Waals surface area (Å²) in [6, 6.07) is 6.67. The molecule has 0 aliphatic carbocycles. The van der Waals surface area contributed by atoms with E-state index in [0.29, 0.717) is 5.56 Å². The molecule has 1 aliphatic heterocycles.